The number of β-amino-alcohol motifs (C(OH)–C–C–N with tert-alkyl or cyclic N) is 1. The first kappa shape index (κ1) is 52.2. The molecule has 3 amide bonds. The first-order valence-electron chi connectivity index (χ1n) is 27.0. The van der Waals surface area contributed by atoms with Crippen LogP contribution in [0.3, 0.4) is 0 Å². The molecule has 3 aliphatic heterocycles. The zero-order chi connectivity index (χ0) is 52.8. The molecule has 1 spiro atoms. The minimum Gasteiger partial charge on any atom is -0.507 e. The van der Waals surface area contributed by atoms with Gasteiger partial charge in [0.05, 0.1) is 33.6 Å². The van der Waals surface area contributed by atoms with E-state index < -0.39 is 23.6 Å². The molecule has 18 heteroatoms. The van der Waals surface area contributed by atoms with Crippen LogP contribution >= 0.6 is 11.3 Å². The van der Waals surface area contributed by atoms with Crippen LogP contribution in [0.15, 0.2) is 72.5 Å². The Morgan fingerprint density at radius 1 is 0.933 bits per heavy atom. The normalized spacial score (nSPS) is 25.7. The maximum atomic E-state index is 14.3. The van der Waals surface area contributed by atoms with E-state index in [2.05, 4.69) is 54.4 Å². The second-order valence-electron chi connectivity index (χ2n) is 23.4. The fraction of sp³-hybridized carbons (Fsp3) is 0.544. The molecular weight excluding hydrogens is 965 g/mol. The van der Waals surface area contributed by atoms with E-state index in [1.807, 2.05) is 88.1 Å². The van der Waals surface area contributed by atoms with Crippen molar-refractivity contribution in [3.05, 3.63) is 89.3 Å². The standard InChI is InChI=1S/C57H74N12O5S/c1-7-42-31-67(46-21-45(64-65-51(46)58)44-10-8-9-11-48(44)71)29-34(2)69(42)55-60-27-41(28-61-55)38-16-18-66(19-17-38)30-37-22-57(23-37)24-40(25-57)52(72)63-50(56(4,5)6)54(74)68-32-43(70)20-47(68)53(73)59-26-36-12-14-39(15-13-36)49-35(3)62-33-75-49/h8-15,21,27-28,33-34,37-38,40,42-43,47,50,70-71H,7,16-20,22-26,29-32H2,1-6H3,(H2,58,65)(H,59,73)(H,63,72)/t34?,37?,40?,42?,43-,47+,50-,57?/m1/s1. The topological polar surface area (TPSA) is 219 Å². The predicted octanol–water partition coefficient (Wildman–Crippen LogP) is 6.94. The Kier molecular flexibility index (Phi) is 14.9. The number of amides is 3. The number of aromatic nitrogens is 5. The number of nitrogen functional groups attached to an aromatic ring is 1. The molecule has 0 radical (unpaired) electrons. The quantitative estimate of drug-likeness (QED) is 0.0761. The number of aryl methyl sites for hydroxylation is 1. The number of rotatable bonds is 14. The van der Waals surface area contributed by atoms with E-state index in [-0.39, 0.29) is 59.9 Å². The number of piperidine rings is 1. The van der Waals surface area contributed by atoms with Gasteiger partial charge >= 0.3 is 0 Å². The first-order chi connectivity index (χ1) is 36.0. The number of aromatic hydroxyl groups is 1. The number of benzene rings is 2. The van der Waals surface area contributed by atoms with Gasteiger partial charge in [0.2, 0.25) is 23.7 Å². The lowest BCUT2D eigenvalue weighted by Crippen LogP contribution is -2.60. The van der Waals surface area contributed by atoms with Crippen molar-refractivity contribution in [2.24, 2.45) is 22.7 Å². The van der Waals surface area contributed by atoms with Crippen LogP contribution in [0.1, 0.15) is 109 Å². The summed E-state index contributed by atoms with van der Waals surface area (Å²) in [6.07, 6.45) is 10.4. The minimum absolute atomic E-state index is 0.0452. The predicted molar refractivity (Wildman–Crippen MR) is 292 cm³/mol. The van der Waals surface area contributed by atoms with Crippen molar-refractivity contribution in [1.82, 2.24) is 45.6 Å². The van der Waals surface area contributed by atoms with Crippen molar-refractivity contribution in [2.75, 3.05) is 54.8 Å². The largest absolute Gasteiger partial charge is 0.507 e. The van der Waals surface area contributed by atoms with Gasteiger partial charge in [-0.3, -0.25) is 14.4 Å². The minimum atomic E-state index is -0.837. The monoisotopic (exact) mass is 1040 g/mol. The van der Waals surface area contributed by atoms with Crippen LogP contribution in [0.4, 0.5) is 17.5 Å². The third kappa shape index (κ3) is 11.1. The van der Waals surface area contributed by atoms with Gasteiger partial charge in [0.15, 0.2) is 5.82 Å². The Labute approximate surface area is 444 Å². The fourth-order valence-electron chi connectivity index (χ4n) is 12.9. The molecule has 2 saturated carbocycles. The summed E-state index contributed by atoms with van der Waals surface area (Å²) in [5, 5.41) is 35.9. The number of piperazine rings is 1. The van der Waals surface area contributed by atoms with Gasteiger partial charge in [-0.25, -0.2) is 15.0 Å². The molecule has 2 unspecified atom stereocenters. The van der Waals surface area contributed by atoms with Crippen LogP contribution in [-0.2, 0) is 20.9 Å². The van der Waals surface area contributed by atoms with Crippen molar-refractivity contribution in [2.45, 2.75) is 136 Å². The molecule has 6 N–H and O–H groups in total. The average molecular weight is 1040 g/mol. The van der Waals surface area contributed by atoms with E-state index in [9.17, 15) is 24.6 Å². The number of nitrogens with one attached hydrogen (secondary N) is 2. The Morgan fingerprint density at radius 2 is 1.65 bits per heavy atom. The molecule has 3 aromatic heterocycles. The molecule has 0 bridgehead atoms. The molecule has 17 nitrogen and oxygen atoms in total. The summed E-state index contributed by atoms with van der Waals surface area (Å²) in [6, 6.07) is 15.6. The van der Waals surface area contributed by atoms with E-state index >= 15 is 0 Å². The number of hydrogen-bond acceptors (Lipinski definition) is 15. The molecule has 5 atom stereocenters. The zero-order valence-electron chi connectivity index (χ0n) is 44.3. The van der Waals surface area contributed by atoms with E-state index in [0.29, 0.717) is 42.0 Å². The number of nitrogens with two attached hydrogens (primary N) is 1. The molecule has 2 aliphatic carbocycles. The smallest absolute Gasteiger partial charge is 0.246 e. The van der Waals surface area contributed by atoms with Crippen molar-refractivity contribution in [3.63, 3.8) is 0 Å². The Morgan fingerprint density at radius 3 is 2.32 bits per heavy atom. The number of para-hydroxylation sites is 1. The Hall–Kier alpha value is -6.24. The van der Waals surface area contributed by atoms with Crippen LogP contribution in [0.5, 0.6) is 5.75 Å². The number of anilines is 3. The highest BCUT2D eigenvalue weighted by Gasteiger charge is 2.55. The van der Waals surface area contributed by atoms with Gasteiger partial charge in [0.1, 0.15) is 17.8 Å². The van der Waals surface area contributed by atoms with Crippen molar-refractivity contribution < 1.29 is 24.6 Å². The highest BCUT2D eigenvalue weighted by molar-refractivity contribution is 7.13. The summed E-state index contributed by atoms with van der Waals surface area (Å²) < 4.78 is 0. The van der Waals surface area contributed by atoms with E-state index in [4.69, 9.17) is 15.7 Å². The van der Waals surface area contributed by atoms with Crippen LogP contribution in [0, 0.1) is 29.6 Å². The number of aliphatic hydroxyl groups is 1. The SMILES string of the molecule is CCC1CN(c2cc(-c3ccccc3O)nnc2N)CC(C)N1c1ncc(C2CCN(CC3CC4(C3)CC(C(=O)N[C@H](C(=O)N3C[C@H](O)C[C@H]3C(=O)NCc3ccc(-c5scnc5C)cc3)C(C)(C)C)C4)CC2)cn1. The van der Waals surface area contributed by atoms with Gasteiger partial charge in [-0.1, -0.05) is 64.1 Å². The molecular formula is C57H74N12O5S. The molecule has 5 fully saturated rings. The van der Waals surface area contributed by atoms with Gasteiger partial charge in [-0.2, -0.15) is 0 Å². The van der Waals surface area contributed by atoms with Gasteiger partial charge in [0.25, 0.3) is 0 Å². The van der Waals surface area contributed by atoms with Crippen molar-refractivity contribution in [1.29, 1.82) is 0 Å². The lowest BCUT2D eigenvalue weighted by molar-refractivity contribution is -0.149. The van der Waals surface area contributed by atoms with Crippen molar-refractivity contribution in [3.8, 4) is 27.4 Å². The molecule has 5 aliphatic rings. The highest BCUT2D eigenvalue weighted by atomic mass is 32.1. The molecule has 75 heavy (non-hydrogen) atoms. The van der Waals surface area contributed by atoms with E-state index in [1.54, 1.807) is 23.5 Å². The second kappa shape index (κ2) is 21.4. The summed E-state index contributed by atoms with van der Waals surface area (Å²) in [6.45, 7) is 17.1. The number of carbonyl (C=O) groups is 3. The second-order valence-corrected chi connectivity index (χ2v) is 24.3. The molecule has 2 aromatic carbocycles. The summed E-state index contributed by atoms with van der Waals surface area (Å²) >= 11 is 1.59. The molecule has 10 rings (SSSR count). The zero-order valence-corrected chi connectivity index (χ0v) is 45.1. The van der Waals surface area contributed by atoms with Gasteiger partial charge in [-0.05, 0) is 129 Å². The Balaban J connectivity index is 0.663. The van der Waals surface area contributed by atoms with E-state index in [0.717, 1.165) is 104 Å². The number of phenols is 1. The number of carbonyl (C=O) groups excluding carboxylic acids is 3. The first-order valence-corrected chi connectivity index (χ1v) is 27.9. The van der Waals surface area contributed by atoms with Crippen LogP contribution in [0.2, 0.25) is 0 Å². The lowest BCUT2D eigenvalue weighted by atomic mass is 9.48. The number of phenolic OH excluding ortho intramolecular Hbond substituents is 1. The number of aliphatic hydroxyl groups excluding tert-OH is 1. The summed E-state index contributed by atoms with van der Waals surface area (Å²) in [7, 11) is 0. The number of likely N-dealkylation sites (tertiary alicyclic amines) is 2. The van der Waals surface area contributed by atoms with Crippen LogP contribution < -0.4 is 26.2 Å². The summed E-state index contributed by atoms with van der Waals surface area (Å²) in [4.78, 5) is 65.8. The average Bonchev–Trinajstić information content (AvgIpc) is 4.01. The highest BCUT2D eigenvalue weighted by Crippen LogP contribution is 2.61. The fourth-order valence-corrected chi connectivity index (χ4v) is 13.7. The maximum Gasteiger partial charge on any atom is 0.246 e. The van der Waals surface area contributed by atoms with Crippen LogP contribution in [-0.4, -0.2) is 132 Å². The number of nitrogens with zero attached hydrogens (tertiary/aromatic N) is 9. The van der Waals surface area contributed by atoms with Gasteiger partial charge < -0.3 is 46.2 Å². The molecule has 3 saturated heterocycles. The summed E-state index contributed by atoms with van der Waals surface area (Å²) in [5.74, 6) is 1.41. The van der Waals surface area contributed by atoms with Crippen molar-refractivity contribution >= 4 is 46.5 Å². The summed E-state index contributed by atoms with van der Waals surface area (Å²) in [5.41, 5.74) is 14.0. The molecule has 6 heterocycles. The lowest BCUT2D eigenvalue weighted by Gasteiger charge is -2.58. The van der Waals surface area contributed by atoms with Crippen LogP contribution in [0.25, 0.3) is 21.7 Å². The number of thiazole rings is 1. The third-order valence-electron chi connectivity index (χ3n) is 16.9. The maximum absolute atomic E-state index is 14.3. The van der Waals surface area contributed by atoms with Gasteiger partial charge in [0, 0.05) is 75.1 Å². The van der Waals surface area contributed by atoms with Gasteiger partial charge in [-0.15, -0.1) is 21.5 Å². The Bertz CT molecular complexity index is 2830. The molecule has 398 valence electrons. The molecule has 5 aromatic rings. The number of hydrogen-bond donors (Lipinski definition) is 5. The third-order valence-corrected chi connectivity index (χ3v) is 17.9. The van der Waals surface area contributed by atoms with E-state index in [1.165, 1.54) is 10.5 Å².